The SMILES string of the molecule is CNCc1cc(-c2ccccc2C)n(S(=O)(=O)c2cc(OCC(=O)NC)cc(N(C)C)c2)c1. The predicted molar refractivity (Wildman–Crippen MR) is 130 cm³/mol. The van der Waals surface area contributed by atoms with Gasteiger partial charge in [0.1, 0.15) is 5.75 Å². The van der Waals surface area contributed by atoms with Crippen LogP contribution >= 0.6 is 0 Å². The largest absolute Gasteiger partial charge is 0.484 e. The number of amides is 1. The van der Waals surface area contributed by atoms with Crippen molar-refractivity contribution in [2.75, 3.05) is 39.7 Å². The first-order valence-corrected chi connectivity index (χ1v) is 11.9. The van der Waals surface area contributed by atoms with E-state index in [0.717, 1.165) is 16.7 Å². The van der Waals surface area contributed by atoms with Crippen LogP contribution in [0.5, 0.6) is 5.75 Å². The number of aryl methyl sites for hydroxylation is 1. The fraction of sp³-hybridized carbons (Fsp3) is 0.292. The molecule has 9 heteroatoms. The number of aromatic nitrogens is 1. The summed E-state index contributed by atoms with van der Waals surface area (Å²) < 4.78 is 34.6. The number of ether oxygens (including phenoxy) is 1. The molecule has 1 amide bonds. The molecule has 0 fully saturated rings. The number of nitrogens with one attached hydrogen (secondary N) is 2. The second kappa shape index (κ2) is 10.1. The Morgan fingerprint density at radius 2 is 1.82 bits per heavy atom. The molecular formula is C24H30N4O4S. The minimum atomic E-state index is -3.97. The van der Waals surface area contributed by atoms with E-state index in [1.165, 1.54) is 17.1 Å². The molecule has 0 saturated carbocycles. The number of likely N-dealkylation sites (N-methyl/N-ethyl adjacent to an activating group) is 1. The van der Waals surface area contributed by atoms with Gasteiger partial charge in [0.05, 0.1) is 10.6 Å². The van der Waals surface area contributed by atoms with Gasteiger partial charge in [-0.1, -0.05) is 24.3 Å². The smallest absolute Gasteiger partial charge is 0.268 e. The van der Waals surface area contributed by atoms with E-state index >= 15 is 0 Å². The third-order valence-electron chi connectivity index (χ3n) is 5.23. The van der Waals surface area contributed by atoms with Crippen LogP contribution in [0.1, 0.15) is 11.1 Å². The number of benzene rings is 2. The number of hydrogen-bond acceptors (Lipinski definition) is 6. The lowest BCUT2D eigenvalue weighted by atomic mass is 10.1. The maximum absolute atomic E-state index is 13.9. The zero-order valence-electron chi connectivity index (χ0n) is 19.5. The second-order valence-corrected chi connectivity index (χ2v) is 9.71. The first-order valence-electron chi connectivity index (χ1n) is 10.5. The molecule has 0 atom stereocenters. The van der Waals surface area contributed by atoms with Gasteiger partial charge in [0, 0.05) is 57.3 Å². The van der Waals surface area contributed by atoms with Crippen molar-refractivity contribution in [2.45, 2.75) is 18.4 Å². The summed E-state index contributed by atoms with van der Waals surface area (Å²) in [4.78, 5) is 13.5. The molecule has 0 aliphatic heterocycles. The normalized spacial score (nSPS) is 11.3. The fourth-order valence-corrected chi connectivity index (χ4v) is 4.88. The van der Waals surface area contributed by atoms with Gasteiger partial charge < -0.3 is 20.3 Å². The summed E-state index contributed by atoms with van der Waals surface area (Å²) in [5.74, 6) is -0.0120. The maximum atomic E-state index is 13.9. The number of nitrogens with zero attached hydrogens (tertiary/aromatic N) is 2. The van der Waals surface area contributed by atoms with Gasteiger partial charge in [-0.25, -0.2) is 12.4 Å². The highest BCUT2D eigenvalue weighted by Crippen LogP contribution is 2.32. The first-order chi connectivity index (χ1) is 15.7. The molecule has 2 aromatic carbocycles. The van der Waals surface area contributed by atoms with Crippen molar-refractivity contribution in [3.05, 3.63) is 65.9 Å². The quantitative estimate of drug-likeness (QED) is 0.500. The Morgan fingerprint density at radius 3 is 2.45 bits per heavy atom. The van der Waals surface area contributed by atoms with Crippen molar-refractivity contribution in [1.82, 2.24) is 14.6 Å². The van der Waals surface area contributed by atoms with Crippen molar-refractivity contribution in [3.63, 3.8) is 0 Å². The average molecular weight is 471 g/mol. The second-order valence-electron chi connectivity index (χ2n) is 7.90. The lowest BCUT2D eigenvalue weighted by molar-refractivity contribution is -0.122. The molecule has 0 aliphatic carbocycles. The van der Waals surface area contributed by atoms with Crippen LogP contribution in [0.25, 0.3) is 11.3 Å². The summed E-state index contributed by atoms with van der Waals surface area (Å²) in [5, 5.41) is 5.56. The molecule has 176 valence electrons. The highest BCUT2D eigenvalue weighted by molar-refractivity contribution is 7.90. The number of hydrogen-bond donors (Lipinski definition) is 2. The lowest BCUT2D eigenvalue weighted by Crippen LogP contribution is -2.25. The predicted octanol–water partition coefficient (Wildman–Crippen LogP) is 2.61. The van der Waals surface area contributed by atoms with Crippen LogP contribution in [-0.2, 0) is 21.4 Å². The van der Waals surface area contributed by atoms with Crippen LogP contribution in [-0.4, -0.2) is 53.1 Å². The van der Waals surface area contributed by atoms with E-state index in [0.29, 0.717) is 23.7 Å². The molecular weight excluding hydrogens is 440 g/mol. The van der Waals surface area contributed by atoms with Crippen molar-refractivity contribution in [3.8, 4) is 17.0 Å². The standard InChI is InChI=1S/C24H30N4O4S/c1-17-8-6-7-9-22(17)23-10-18(14-25-2)15-28(23)33(30,31)21-12-19(27(4)5)11-20(13-21)32-16-24(29)26-3/h6-13,15,25H,14,16H2,1-5H3,(H,26,29). The van der Waals surface area contributed by atoms with Crippen LogP contribution in [0.3, 0.4) is 0 Å². The molecule has 0 unspecified atom stereocenters. The molecule has 8 nitrogen and oxygen atoms in total. The van der Waals surface area contributed by atoms with Gasteiger partial charge in [0.15, 0.2) is 6.61 Å². The van der Waals surface area contributed by atoms with E-state index in [-0.39, 0.29) is 17.4 Å². The fourth-order valence-electron chi connectivity index (χ4n) is 3.43. The van der Waals surface area contributed by atoms with Crippen LogP contribution in [0, 0.1) is 6.92 Å². The molecule has 3 rings (SSSR count). The van der Waals surface area contributed by atoms with E-state index in [2.05, 4.69) is 10.6 Å². The van der Waals surface area contributed by atoms with Crippen molar-refractivity contribution < 1.29 is 17.9 Å². The van der Waals surface area contributed by atoms with Crippen molar-refractivity contribution in [1.29, 1.82) is 0 Å². The van der Waals surface area contributed by atoms with Crippen molar-refractivity contribution >= 4 is 21.6 Å². The molecule has 1 aromatic heterocycles. The Morgan fingerprint density at radius 1 is 1.09 bits per heavy atom. The van der Waals surface area contributed by atoms with Crippen LogP contribution in [0.15, 0.2) is 59.6 Å². The van der Waals surface area contributed by atoms with Gasteiger partial charge in [0.25, 0.3) is 15.9 Å². The number of anilines is 1. The highest BCUT2D eigenvalue weighted by atomic mass is 32.2. The minimum Gasteiger partial charge on any atom is -0.484 e. The number of rotatable bonds is 9. The van der Waals surface area contributed by atoms with Gasteiger partial charge in [-0.05, 0) is 37.2 Å². The highest BCUT2D eigenvalue weighted by Gasteiger charge is 2.24. The van der Waals surface area contributed by atoms with Gasteiger partial charge in [-0.2, -0.15) is 0 Å². The van der Waals surface area contributed by atoms with Gasteiger partial charge in [-0.3, -0.25) is 4.79 Å². The zero-order valence-corrected chi connectivity index (χ0v) is 20.4. The van der Waals surface area contributed by atoms with Crippen LogP contribution < -0.4 is 20.3 Å². The summed E-state index contributed by atoms with van der Waals surface area (Å²) in [6, 6.07) is 14.3. The van der Waals surface area contributed by atoms with E-state index in [1.54, 1.807) is 23.2 Å². The molecule has 0 aliphatic rings. The van der Waals surface area contributed by atoms with Crippen LogP contribution in [0.4, 0.5) is 5.69 Å². The molecule has 0 radical (unpaired) electrons. The minimum absolute atomic E-state index is 0.0713. The Balaban J connectivity index is 2.16. The molecule has 1 heterocycles. The first kappa shape index (κ1) is 24.3. The molecule has 0 saturated heterocycles. The zero-order chi connectivity index (χ0) is 24.2. The molecule has 33 heavy (non-hydrogen) atoms. The topological polar surface area (TPSA) is 92.7 Å². The Kier molecular flexibility index (Phi) is 7.45. The Hall–Kier alpha value is -3.30. The van der Waals surface area contributed by atoms with E-state index in [1.807, 2.05) is 58.4 Å². The van der Waals surface area contributed by atoms with Crippen molar-refractivity contribution in [2.24, 2.45) is 0 Å². The molecule has 2 N–H and O–H groups in total. The third kappa shape index (κ3) is 5.37. The summed E-state index contributed by atoms with van der Waals surface area (Å²) in [6.45, 7) is 2.27. The Bertz CT molecular complexity index is 1250. The lowest BCUT2D eigenvalue weighted by Gasteiger charge is -2.18. The van der Waals surface area contributed by atoms with Gasteiger partial charge >= 0.3 is 0 Å². The summed E-state index contributed by atoms with van der Waals surface area (Å²) in [5.41, 5.74) is 3.88. The summed E-state index contributed by atoms with van der Waals surface area (Å²) >= 11 is 0. The monoisotopic (exact) mass is 470 g/mol. The van der Waals surface area contributed by atoms with Crippen LogP contribution in [0.2, 0.25) is 0 Å². The van der Waals surface area contributed by atoms with E-state index < -0.39 is 10.0 Å². The molecule has 0 spiro atoms. The molecule has 0 bridgehead atoms. The maximum Gasteiger partial charge on any atom is 0.268 e. The summed E-state index contributed by atoms with van der Waals surface area (Å²) in [7, 11) is 2.98. The number of carbonyl (C=O) groups excluding carboxylic acids is 1. The molecule has 3 aromatic rings. The summed E-state index contributed by atoms with van der Waals surface area (Å²) in [6.07, 6.45) is 1.64. The third-order valence-corrected chi connectivity index (χ3v) is 6.88. The van der Waals surface area contributed by atoms with Gasteiger partial charge in [-0.15, -0.1) is 0 Å². The Labute approximate surface area is 195 Å². The average Bonchev–Trinajstić information content (AvgIpc) is 3.22. The number of carbonyl (C=O) groups is 1. The van der Waals surface area contributed by atoms with Gasteiger partial charge in [0.2, 0.25) is 0 Å². The van der Waals surface area contributed by atoms with E-state index in [9.17, 15) is 13.2 Å². The van der Waals surface area contributed by atoms with E-state index in [4.69, 9.17) is 4.74 Å².